The van der Waals surface area contributed by atoms with Gasteiger partial charge in [0.1, 0.15) is 17.1 Å². The Bertz CT molecular complexity index is 659. The van der Waals surface area contributed by atoms with Crippen molar-refractivity contribution in [3.63, 3.8) is 0 Å². The molecule has 0 amide bonds. The normalized spacial score (nSPS) is 10.2. The second kappa shape index (κ2) is 5.92. The first-order valence-electron chi connectivity index (χ1n) is 5.81. The van der Waals surface area contributed by atoms with Crippen LogP contribution in [0.15, 0.2) is 34.9 Å². The second-order valence-corrected chi connectivity index (χ2v) is 5.08. The number of nitrogens with one attached hydrogen (secondary N) is 1. The maximum Gasteiger partial charge on any atom is 0.339 e. The molecule has 2 aromatic rings. The van der Waals surface area contributed by atoms with Gasteiger partial charge in [-0.3, -0.25) is 0 Å². The van der Waals surface area contributed by atoms with Crippen LogP contribution in [-0.2, 0) is 0 Å². The summed E-state index contributed by atoms with van der Waals surface area (Å²) in [6.45, 7) is 1.91. The van der Waals surface area contributed by atoms with E-state index in [2.05, 4.69) is 26.2 Å². The summed E-state index contributed by atoms with van der Waals surface area (Å²) >= 11 is 3.21. The molecule has 0 radical (unpaired) electrons. The zero-order chi connectivity index (χ0) is 14.7. The molecule has 1 aromatic heterocycles. The molecule has 0 aliphatic carbocycles. The highest BCUT2D eigenvalue weighted by molar-refractivity contribution is 9.10. The number of halogens is 1. The molecular weight excluding hydrogens is 324 g/mol. The zero-order valence-corrected chi connectivity index (χ0v) is 12.6. The Balaban J connectivity index is 2.37. The first-order valence-corrected chi connectivity index (χ1v) is 6.61. The molecule has 6 heteroatoms. The number of hydrogen-bond acceptors (Lipinski definition) is 4. The number of rotatable bonds is 4. The van der Waals surface area contributed by atoms with Crippen LogP contribution >= 0.6 is 15.9 Å². The molecule has 0 bridgehead atoms. The number of anilines is 2. The highest BCUT2D eigenvalue weighted by Gasteiger charge is 2.13. The predicted octanol–water partition coefficient (Wildman–Crippen LogP) is 3.60. The summed E-state index contributed by atoms with van der Waals surface area (Å²) in [6, 6.07) is 7.00. The van der Waals surface area contributed by atoms with Gasteiger partial charge in [0.2, 0.25) is 0 Å². The van der Waals surface area contributed by atoms with Crippen LogP contribution in [-0.4, -0.2) is 23.2 Å². The van der Waals surface area contributed by atoms with Gasteiger partial charge in [-0.05, 0) is 52.7 Å². The Kier molecular flexibility index (Phi) is 4.24. The molecule has 0 spiro atoms. The minimum atomic E-state index is -1.03. The SMILES string of the molecule is COc1ccc(Nc2ncc(Br)cc2C(=O)O)c(C)c1. The molecule has 1 heterocycles. The standard InChI is InChI=1S/C14H13BrN2O3/c1-8-5-10(20-2)3-4-12(8)17-13-11(14(18)19)6-9(15)7-16-13/h3-7H,1-2H3,(H,16,17)(H,18,19). The first-order chi connectivity index (χ1) is 9.51. The fourth-order valence-corrected chi connectivity index (χ4v) is 2.06. The van der Waals surface area contributed by atoms with Gasteiger partial charge in [0.05, 0.1) is 7.11 Å². The van der Waals surface area contributed by atoms with Crippen molar-refractivity contribution in [2.45, 2.75) is 6.92 Å². The minimum Gasteiger partial charge on any atom is -0.497 e. The van der Waals surface area contributed by atoms with Crippen LogP contribution in [0.4, 0.5) is 11.5 Å². The zero-order valence-electron chi connectivity index (χ0n) is 11.0. The van der Waals surface area contributed by atoms with Crippen molar-refractivity contribution in [2.75, 3.05) is 12.4 Å². The fraction of sp³-hybridized carbons (Fsp3) is 0.143. The van der Waals surface area contributed by atoms with Gasteiger partial charge >= 0.3 is 5.97 Å². The molecule has 1 aromatic carbocycles. The molecule has 0 saturated heterocycles. The summed E-state index contributed by atoms with van der Waals surface area (Å²) in [5.74, 6) is 0.0108. The number of aryl methyl sites for hydroxylation is 1. The third kappa shape index (κ3) is 3.08. The molecule has 0 unspecified atom stereocenters. The van der Waals surface area contributed by atoms with Gasteiger partial charge in [0, 0.05) is 16.4 Å². The molecule has 2 rings (SSSR count). The van der Waals surface area contributed by atoms with Crippen LogP contribution in [0.5, 0.6) is 5.75 Å². The minimum absolute atomic E-state index is 0.106. The van der Waals surface area contributed by atoms with Crippen molar-refractivity contribution in [2.24, 2.45) is 0 Å². The lowest BCUT2D eigenvalue weighted by Crippen LogP contribution is -2.05. The number of hydrogen-bond donors (Lipinski definition) is 2. The Morgan fingerprint density at radius 1 is 1.40 bits per heavy atom. The average molecular weight is 337 g/mol. The smallest absolute Gasteiger partial charge is 0.339 e. The summed E-state index contributed by atoms with van der Waals surface area (Å²) in [6.07, 6.45) is 1.55. The van der Waals surface area contributed by atoms with Crippen molar-refractivity contribution in [3.8, 4) is 5.75 Å². The van der Waals surface area contributed by atoms with Crippen molar-refractivity contribution >= 4 is 33.4 Å². The number of methoxy groups -OCH3 is 1. The van der Waals surface area contributed by atoms with Crippen LogP contribution in [0.1, 0.15) is 15.9 Å². The number of aromatic carboxylic acids is 1. The van der Waals surface area contributed by atoms with E-state index in [1.807, 2.05) is 19.1 Å². The summed E-state index contributed by atoms with van der Waals surface area (Å²) in [5.41, 5.74) is 1.82. The summed E-state index contributed by atoms with van der Waals surface area (Å²) in [7, 11) is 1.60. The molecule has 0 fully saturated rings. The molecule has 20 heavy (non-hydrogen) atoms. The van der Waals surface area contributed by atoms with E-state index >= 15 is 0 Å². The summed E-state index contributed by atoms with van der Waals surface area (Å²) in [5, 5.41) is 12.2. The topological polar surface area (TPSA) is 71.5 Å². The lowest BCUT2D eigenvalue weighted by Gasteiger charge is -2.12. The number of carbonyl (C=O) groups is 1. The maximum absolute atomic E-state index is 11.2. The Morgan fingerprint density at radius 2 is 2.15 bits per heavy atom. The van der Waals surface area contributed by atoms with E-state index in [-0.39, 0.29) is 5.56 Å². The number of ether oxygens (including phenoxy) is 1. The van der Waals surface area contributed by atoms with Gasteiger partial charge < -0.3 is 15.2 Å². The lowest BCUT2D eigenvalue weighted by molar-refractivity contribution is 0.0697. The van der Waals surface area contributed by atoms with Crippen molar-refractivity contribution in [3.05, 3.63) is 46.1 Å². The number of carboxylic acid groups (broad SMARTS) is 1. The van der Waals surface area contributed by atoms with Crippen LogP contribution < -0.4 is 10.1 Å². The fourth-order valence-electron chi connectivity index (χ4n) is 1.73. The Labute approximate surface area is 124 Å². The largest absolute Gasteiger partial charge is 0.497 e. The van der Waals surface area contributed by atoms with E-state index in [1.165, 1.54) is 6.07 Å². The van der Waals surface area contributed by atoms with Gasteiger partial charge in [0.25, 0.3) is 0 Å². The third-order valence-corrected chi connectivity index (χ3v) is 3.21. The van der Waals surface area contributed by atoms with Gasteiger partial charge in [-0.1, -0.05) is 0 Å². The van der Waals surface area contributed by atoms with E-state index in [0.29, 0.717) is 10.3 Å². The number of benzene rings is 1. The molecule has 0 saturated carbocycles. The van der Waals surface area contributed by atoms with Gasteiger partial charge in [-0.15, -0.1) is 0 Å². The van der Waals surface area contributed by atoms with E-state index in [9.17, 15) is 9.90 Å². The quantitative estimate of drug-likeness (QED) is 0.892. The number of pyridine rings is 1. The second-order valence-electron chi connectivity index (χ2n) is 4.16. The predicted molar refractivity (Wildman–Crippen MR) is 79.9 cm³/mol. The van der Waals surface area contributed by atoms with E-state index in [1.54, 1.807) is 19.4 Å². The number of nitrogens with zero attached hydrogens (tertiary/aromatic N) is 1. The lowest BCUT2D eigenvalue weighted by atomic mass is 10.1. The van der Waals surface area contributed by atoms with Crippen molar-refractivity contribution in [1.82, 2.24) is 4.98 Å². The van der Waals surface area contributed by atoms with Gasteiger partial charge in [0.15, 0.2) is 0 Å². The molecule has 2 N–H and O–H groups in total. The van der Waals surface area contributed by atoms with Crippen molar-refractivity contribution < 1.29 is 14.6 Å². The van der Waals surface area contributed by atoms with Gasteiger partial charge in [-0.25, -0.2) is 9.78 Å². The van der Waals surface area contributed by atoms with Crippen LogP contribution in [0.3, 0.4) is 0 Å². The van der Waals surface area contributed by atoms with Crippen LogP contribution in [0.25, 0.3) is 0 Å². The molecule has 0 atom stereocenters. The van der Waals surface area contributed by atoms with Crippen LogP contribution in [0.2, 0.25) is 0 Å². The van der Waals surface area contributed by atoms with Gasteiger partial charge in [-0.2, -0.15) is 0 Å². The highest BCUT2D eigenvalue weighted by atomic mass is 79.9. The average Bonchev–Trinajstić information content (AvgIpc) is 2.42. The van der Waals surface area contributed by atoms with E-state index in [4.69, 9.17) is 4.74 Å². The first kappa shape index (κ1) is 14.3. The summed E-state index contributed by atoms with van der Waals surface area (Å²) in [4.78, 5) is 15.3. The van der Waals surface area contributed by atoms with E-state index in [0.717, 1.165) is 17.0 Å². The summed E-state index contributed by atoms with van der Waals surface area (Å²) < 4.78 is 5.75. The molecule has 0 aliphatic heterocycles. The molecule has 104 valence electrons. The third-order valence-electron chi connectivity index (χ3n) is 2.77. The molecule has 0 aliphatic rings. The number of aromatic nitrogens is 1. The number of carboxylic acids is 1. The Morgan fingerprint density at radius 3 is 2.75 bits per heavy atom. The maximum atomic E-state index is 11.2. The van der Waals surface area contributed by atoms with E-state index < -0.39 is 5.97 Å². The molecule has 5 nitrogen and oxygen atoms in total. The Hall–Kier alpha value is -2.08. The molecular formula is C14H13BrN2O3. The van der Waals surface area contributed by atoms with Crippen molar-refractivity contribution in [1.29, 1.82) is 0 Å². The van der Waals surface area contributed by atoms with Crippen LogP contribution in [0, 0.1) is 6.92 Å². The monoisotopic (exact) mass is 336 g/mol. The highest BCUT2D eigenvalue weighted by Crippen LogP contribution is 2.26.